The van der Waals surface area contributed by atoms with Gasteiger partial charge in [-0.2, -0.15) is 0 Å². The first-order valence-electron chi connectivity index (χ1n) is 6.93. The SMILES string of the molecule is CN=C(N=C(N)c1c[nH]c2ncc(F)cc12)c1ccc(NC)[nH]1. The number of nitrogens with one attached hydrogen (secondary N) is 3. The Hall–Kier alpha value is -3.16. The van der Waals surface area contributed by atoms with Crippen molar-refractivity contribution in [2.24, 2.45) is 15.7 Å². The Morgan fingerprint density at radius 1 is 1.39 bits per heavy atom. The third-order valence-corrected chi connectivity index (χ3v) is 3.41. The lowest BCUT2D eigenvalue weighted by atomic mass is 10.2. The summed E-state index contributed by atoms with van der Waals surface area (Å²) in [6.45, 7) is 0. The highest BCUT2D eigenvalue weighted by molar-refractivity contribution is 6.14. The summed E-state index contributed by atoms with van der Waals surface area (Å²) in [5.41, 5.74) is 7.93. The fraction of sp³-hybridized carbons (Fsp3) is 0.133. The number of aromatic nitrogens is 3. The molecule has 3 aromatic rings. The number of nitrogens with zero attached hydrogens (tertiary/aromatic N) is 3. The minimum atomic E-state index is -0.432. The number of anilines is 1. The zero-order valence-corrected chi connectivity index (χ0v) is 12.7. The van der Waals surface area contributed by atoms with Gasteiger partial charge in [-0.25, -0.2) is 14.4 Å². The van der Waals surface area contributed by atoms with Crippen LogP contribution in [0.5, 0.6) is 0 Å². The molecule has 0 radical (unpaired) electrons. The highest BCUT2D eigenvalue weighted by Gasteiger charge is 2.11. The van der Waals surface area contributed by atoms with E-state index in [0.717, 1.165) is 17.7 Å². The van der Waals surface area contributed by atoms with Crippen molar-refractivity contribution in [2.75, 3.05) is 19.4 Å². The fourth-order valence-electron chi connectivity index (χ4n) is 2.27. The predicted molar refractivity (Wildman–Crippen MR) is 89.6 cm³/mol. The zero-order valence-electron chi connectivity index (χ0n) is 12.7. The molecule has 8 heteroatoms. The Labute approximate surface area is 131 Å². The van der Waals surface area contributed by atoms with Gasteiger partial charge in [-0.1, -0.05) is 0 Å². The fourth-order valence-corrected chi connectivity index (χ4v) is 2.27. The van der Waals surface area contributed by atoms with Crippen LogP contribution < -0.4 is 11.1 Å². The van der Waals surface area contributed by atoms with Crippen LogP contribution in [0.4, 0.5) is 10.2 Å². The minimum absolute atomic E-state index is 0.227. The van der Waals surface area contributed by atoms with Crippen LogP contribution in [0, 0.1) is 5.82 Å². The van der Waals surface area contributed by atoms with E-state index in [1.807, 2.05) is 19.2 Å². The van der Waals surface area contributed by atoms with Gasteiger partial charge in [0.15, 0.2) is 5.84 Å². The molecule has 0 saturated carbocycles. The van der Waals surface area contributed by atoms with Gasteiger partial charge in [0.2, 0.25) is 0 Å². The summed E-state index contributed by atoms with van der Waals surface area (Å²) in [4.78, 5) is 18.5. The van der Waals surface area contributed by atoms with Gasteiger partial charge in [-0.05, 0) is 18.2 Å². The number of aromatic amines is 2. The molecule has 0 unspecified atom stereocenters. The molecule has 5 N–H and O–H groups in total. The molecule has 3 aromatic heterocycles. The van der Waals surface area contributed by atoms with Crippen molar-refractivity contribution in [3.63, 3.8) is 0 Å². The summed E-state index contributed by atoms with van der Waals surface area (Å²) in [6, 6.07) is 5.09. The van der Waals surface area contributed by atoms with Crippen LogP contribution >= 0.6 is 0 Å². The molecule has 0 fully saturated rings. The zero-order chi connectivity index (χ0) is 16.4. The second kappa shape index (κ2) is 5.91. The first kappa shape index (κ1) is 14.8. The molecule has 0 aliphatic rings. The average Bonchev–Trinajstić information content (AvgIpc) is 3.18. The Morgan fingerprint density at radius 3 is 2.91 bits per heavy atom. The normalized spacial score (nSPS) is 12.8. The number of aliphatic imine (C=N–C) groups is 2. The summed E-state index contributed by atoms with van der Waals surface area (Å²) in [6.07, 6.45) is 2.80. The molecule has 3 rings (SSSR count). The van der Waals surface area contributed by atoms with Crippen LogP contribution in [-0.2, 0) is 0 Å². The maximum absolute atomic E-state index is 13.4. The van der Waals surface area contributed by atoms with Gasteiger partial charge in [0.05, 0.1) is 11.9 Å². The summed E-state index contributed by atoms with van der Waals surface area (Å²) < 4.78 is 13.4. The van der Waals surface area contributed by atoms with Crippen LogP contribution in [0.25, 0.3) is 11.0 Å². The number of hydrogen-bond donors (Lipinski definition) is 4. The lowest BCUT2D eigenvalue weighted by molar-refractivity contribution is 0.624. The lowest BCUT2D eigenvalue weighted by Gasteiger charge is -2.02. The maximum atomic E-state index is 13.4. The Kier molecular flexibility index (Phi) is 3.80. The summed E-state index contributed by atoms with van der Waals surface area (Å²) in [5.74, 6) is 1.08. The number of halogens is 1. The third kappa shape index (κ3) is 2.78. The minimum Gasteiger partial charge on any atom is -0.383 e. The molecule has 0 amide bonds. The highest BCUT2D eigenvalue weighted by atomic mass is 19.1. The van der Waals surface area contributed by atoms with E-state index in [1.54, 1.807) is 13.2 Å². The number of pyridine rings is 1. The number of hydrogen-bond acceptors (Lipinski definition) is 3. The molecule has 0 aromatic carbocycles. The molecule has 7 nitrogen and oxygen atoms in total. The van der Waals surface area contributed by atoms with E-state index in [2.05, 4.69) is 30.3 Å². The highest BCUT2D eigenvalue weighted by Crippen LogP contribution is 2.17. The van der Waals surface area contributed by atoms with Crippen molar-refractivity contribution >= 4 is 28.5 Å². The van der Waals surface area contributed by atoms with Crippen LogP contribution in [0.15, 0.2) is 40.6 Å². The van der Waals surface area contributed by atoms with Gasteiger partial charge >= 0.3 is 0 Å². The van der Waals surface area contributed by atoms with Crippen molar-refractivity contribution in [1.29, 1.82) is 0 Å². The van der Waals surface area contributed by atoms with Gasteiger partial charge in [-0.3, -0.25) is 4.99 Å². The monoisotopic (exact) mass is 313 g/mol. The van der Waals surface area contributed by atoms with Crippen molar-refractivity contribution in [2.45, 2.75) is 0 Å². The number of H-pyrrole nitrogens is 2. The Morgan fingerprint density at radius 2 is 2.22 bits per heavy atom. The van der Waals surface area contributed by atoms with E-state index in [-0.39, 0.29) is 5.84 Å². The Balaban J connectivity index is 2.01. The first-order valence-corrected chi connectivity index (χ1v) is 6.93. The predicted octanol–water partition coefficient (Wildman–Crippen LogP) is 1.85. The van der Waals surface area contributed by atoms with E-state index in [1.165, 1.54) is 6.07 Å². The summed E-state index contributed by atoms with van der Waals surface area (Å²) in [5, 5.41) is 3.57. The second-order valence-electron chi connectivity index (χ2n) is 4.83. The van der Waals surface area contributed by atoms with E-state index in [0.29, 0.717) is 22.4 Å². The van der Waals surface area contributed by atoms with Gasteiger partial charge in [0, 0.05) is 31.2 Å². The van der Waals surface area contributed by atoms with Crippen LogP contribution in [0.2, 0.25) is 0 Å². The molecule has 3 heterocycles. The number of amidine groups is 2. The molecule has 0 spiro atoms. The molecule has 0 atom stereocenters. The van der Waals surface area contributed by atoms with Crippen LogP contribution in [0.1, 0.15) is 11.3 Å². The third-order valence-electron chi connectivity index (χ3n) is 3.41. The first-order chi connectivity index (χ1) is 11.1. The summed E-state index contributed by atoms with van der Waals surface area (Å²) in [7, 11) is 3.44. The van der Waals surface area contributed by atoms with Gasteiger partial charge in [0.1, 0.15) is 23.1 Å². The van der Waals surface area contributed by atoms with Crippen LogP contribution in [-0.4, -0.2) is 40.7 Å². The smallest absolute Gasteiger partial charge is 0.173 e. The summed E-state index contributed by atoms with van der Waals surface area (Å²) >= 11 is 0. The van der Waals surface area contributed by atoms with Gasteiger partial charge < -0.3 is 21.0 Å². The molecule has 23 heavy (non-hydrogen) atoms. The van der Waals surface area contributed by atoms with E-state index < -0.39 is 5.82 Å². The largest absolute Gasteiger partial charge is 0.383 e. The van der Waals surface area contributed by atoms with E-state index in [9.17, 15) is 4.39 Å². The van der Waals surface area contributed by atoms with Crippen molar-refractivity contribution in [1.82, 2.24) is 15.0 Å². The van der Waals surface area contributed by atoms with E-state index >= 15 is 0 Å². The van der Waals surface area contributed by atoms with E-state index in [4.69, 9.17) is 5.73 Å². The quantitative estimate of drug-likeness (QED) is 0.438. The van der Waals surface area contributed by atoms with Crippen LogP contribution in [0.3, 0.4) is 0 Å². The molecular weight excluding hydrogens is 297 g/mol. The van der Waals surface area contributed by atoms with Crippen molar-refractivity contribution < 1.29 is 4.39 Å². The number of fused-ring (bicyclic) bond motifs is 1. The van der Waals surface area contributed by atoms with Crippen molar-refractivity contribution in [3.8, 4) is 0 Å². The molecule has 0 aliphatic carbocycles. The molecular formula is C15H16FN7. The molecule has 0 saturated heterocycles. The molecule has 0 bridgehead atoms. The second-order valence-corrected chi connectivity index (χ2v) is 4.83. The van der Waals surface area contributed by atoms with Crippen molar-refractivity contribution in [3.05, 3.63) is 47.7 Å². The molecule has 0 aliphatic heterocycles. The average molecular weight is 313 g/mol. The standard InChI is InChI=1S/C15H16FN7/c1-18-12-4-3-11(22-12)15(19-2)23-13(17)10-7-21-14-9(10)5-8(16)6-20-14/h3-7,18,22H,1-2H3,(H,20,21)(H2,17,19,23). The lowest BCUT2D eigenvalue weighted by Crippen LogP contribution is -2.16. The molecule has 118 valence electrons. The Bertz CT molecular complexity index is 904. The topological polar surface area (TPSA) is 107 Å². The number of rotatable bonds is 3. The number of nitrogens with two attached hydrogens (primary N) is 1. The van der Waals surface area contributed by atoms with Gasteiger partial charge in [-0.15, -0.1) is 0 Å². The van der Waals surface area contributed by atoms with Gasteiger partial charge in [0.25, 0.3) is 0 Å². The maximum Gasteiger partial charge on any atom is 0.173 e.